The summed E-state index contributed by atoms with van der Waals surface area (Å²) in [6, 6.07) is 8.20. The number of likely N-dealkylation sites (tertiary alicyclic amines) is 1. The third kappa shape index (κ3) is 5.46. The van der Waals surface area contributed by atoms with Gasteiger partial charge in [0.1, 0.15) is 0 Å². The predicted molar refractivity (Wildman–Crippen MR) is 98.3 cm³/mol. The summed E-state index contributed by atoms with van der Waals surface area (Å²) in [5.74, 6) is 0.641. The van der Waals surface area contributed by atoms with Crippen molar-refractivity contribution in [2.45, 2.75) is 32.9 Å². The summed E-state index contributed by atoms with van der Waals surface area (Å²) in [5, 5.41) is 3.41. The fourth-order valence-corrected chi connectivity index (χ4v) is 3.15. The summed E-state index contributed by atoms with van der Waals surface area (Å²) in [6.45, 7) is 5.08. The highest BCUT2D eigenvalue weighted by Gasteiger charge is 2.28. The number of nitrogens with zero attached hydrogens (tertiary/aromatic N) is 2. The van der Waals surface area contributed by atoms with Crippen LogP contribution in [0.1, 0.15) is 30.9 Å². The average molecular weight is 347 g/mol. The van der Waals surface area contributed by atoms with Gasteiger partial charge in [0, 0.05) is 33.8 Å². The van der Waals surface area contributed by atoms with Gasteiger partial charge in [0.2, 0.25) is 0 Å². The second-order valence-electron chi connectivity index (χ2n) is 6.14. The molecule has 6 heteroatoms. The molecule has 1 aromatic carbocycles. The molecule has 0 amide bonds. The Labute approximate surface area is 150 Å². The lowest BCUT2D eigenvalue weighted by molar-refractivity contribution is -0.149. The largest absolute Gasteiger partial charge is 0.466 e. The molecule has 138 valence electrons. The molecule has 1 saturated heterocycles. The summed E-state index contributed by atoms with van der Waals surface area (Å²) >= 11 is 0. The van der Waals surface area contributed by atoms with Crippen molar-refractivity contribution in [2.75, 3.05) is 33.9 Å². The van der Waals surface area contributed by atoms with Gasteiger partial charge in [0.15, 0.2) is 5.96 Å². The number of carbonyl (C=O) groups excluding carboxylic acids is 1. The van der Waals surface area contributed by atoms with Crippen LogP contribution in [0.5, 0.6) is 0 Å². The highest BCUT2D eigenvalue weighted by Crippen LogP contribution is 2.18. The quantitative estimate of drug-likeness (QED) is 0.485. The van der Waals surface area contributed by atoms with Gasteiger partial charge in [-0.2, -0.15) is 0 Å². The number of hydrogen-bond donors (Lipinski definition) is 1. The molecule has 1 atom stereocenters. The highest BCUT2D eigenvalue weighted by atomic mass is 16.5. The number of piperidine rings is 1. The topological polar surface area (TPSA) is 63.2 Å². The van der Waals surface area contributed by atoms with Crippen LogP contribution in [0.15, 0.2) is 29.3 Å². The van der Waals surface area contributed by atoms with Gasteiger partial charge in [0.25, 0.3) is 0 Å². The molecule has 0 spiro atoms. The van der Waals surface area contributed by atoms with Crippen LogP contribution in [0.4, 0.5) is 0 Å². The molecule has 1 aromatic rings. The van der Waals surface area contributed by atoms with E-state index in [2.05, 4.69) is 27.3 Å². The molecule has 1 heterocycles. The van der Waals surface area contributed by atoms with Gasteiger partial charge < -0.3 is 19.7 Å². The first-order chi connectivity index (χ1) is 12.2. The number of carbonyl (C=O) groups is 1. The monoisotopic (exact) mass is 347 g/mol. The fourth-order valence-electron chi connectivity index (χ4n) is 3.15. The maximum Gasteiger partial charge on any atom is 0.310 e. The van der Waals surface area contributed by atoms with Crippen molar-refractivity contribution in [1.82, 2.24) is 10.2 Å². The van der Waals surface area contributed by atoms with E-state index in [-0.39, 0.29) is 11.9 Å². The van der Waals surface area contributed by atoms with Crippen molar-refractivity contribution in [3.63, 3.8) is 0 Å². The summed E-state index contributed by atoms with van der Waals surface area (Å²) in [6.07, 6.45) is 1.84. The normalized spacial score (nSPS) is 18.1. The summed E-state index contributed by atoms with van der Waals surface area (Å²) in [5.41, 5.74) is 2.35. The number of methoxy groups -OCH3 is 1. The molecule has 0 saturated carbocycles. The number of rotatable bonds is 6. The Balaban J connectivity index is 1.97. The summed E-state index contributed by atoms with van der Waals surface area (Å²) in [4.78, 5) is 18.6. The maximum absolute atomic E-state index is 12.0. The van der Waals surface area contributed by atoms with Crippen LogP contribution in [0.2, 0.25) is 0 Å². The highest BCUT2D eigenvalue weighted by molar-refractivity contribution is 5.81. The smallest absolute Gasteiger partial charge is 0.310 e. The Kier molecular flexibility index (Phi) is 7.73. The van der Waals surface area contributed by atoms with E-state index < -0.39 is 0 Å². The zero-order valence-electron chi connectivity index (χ0n) is 15.5. The molecule has 2 rings (SSSR count). The number of ether oxygens (including phenoxy) is 2. The van der Waals surface area contributed by atoms with Crippen LogP contribution in [-0.2, 0) is 27.4 Å². The van der Waals surface area contributed by atoms with E-state index in [9.17, 15) is 4.79 Å². The van der Waals surface area contributed by atoms with Crippen LogP contribution in [-0.4, -0.2) is 50.7 Å². The number of hydrogen-bond acceptors (Lipinski definition) is 4. The predicted octanol–water partition coefficient (Wildman–Crippen LogP) is 2.18. The molecule has 1 unspecified atom stereocenters. The molecular formula is C19H29N3O3. The van der Waals surface area contributed by atoms with Crippen LogP contribution < -0.4 is 5.32 Å². The lowest BCUT2D eigenvalue weighted by Crippen LogP contribution is -2.48. The average Bonchev–Trinajstić information content (AvgIpc) is 2.64. The van der Waals surface area contributed by atoms with E-state index >= 15 is 0 Å². The van der Waals surface area contributed by atoms with Crippen molar-refractivity contribution in [3.05, 3.63) is 35.4 Å². The first-order valence-electron chi connectivity index (χ1n) is 8.87. The molecule has 0 aliphatic carbocycles. The van der Waals surface area contributed by atoms with Gasteiger partial charge in [-0.1, -0.05) is 24.3 Å². The second kappa shape index (κ2) is 10.0. The fraction of sp³-hybridized carbons (Fsp3) is 0.579. The van der Waals surface area contributed by atoms with Gasteiger partial charge in [0.05, 0.1) is 19.1 Å². The van der Waals surface area contributed by atoms with E-state index in [4.69, 9.17) is 9.47 Å². The Morgan fingerprint density at radius 3 is 2.80 bits per heavy atom. The number of aliphatic imine (C=N–C) groups is 1. The molecule has 1 aliphatic rings. The van der Waals surface area contributed by atoms with Gasteiger partial charge in [-0.05, 0) is 30.9 Å². The van der Waals surface area contributed by atoms with Gasteiger partial charge in [-0.25, -0.2) is 0 Å². The molecule has 0 radical (unpaired) electrons. The van der Waals surface area contributed by atoms with Crippen LogP contribution in [0.25, 0.3) is 0 Å². The van der Waals surface area contributed by atoms with E-state index in [1.54, 1.807) is 14.2 Å². The number of esters is 1. The van der Waals surface area contributed by atoms with Crippen LogP contribution >= 0.6 is 0 Å². The summed E-state index contributed by atoms with van der Waals surface area (Å²) < 4.78 is 10.4. The minimum Gasteiger partial charge on any atom is -0.466 e. The van der Waals surface area contributed by atoms with Crippen molar-refractivity contribution in [1.29, 1.82) is 0 Å². The van der Waals surface area contributed by atoms with Crippen molar-refractivity contribution in [2.24, 2.45) is 10.9 Å². The second-order valence-corrected chi connectivity index (χ2v) is 6.14. The third-order valence-electron chi connectivity index (χ3n) is 4.41. The van der Waals surface area contributed by atoms with Crippen molar-refractivity contribution in [3.8, 4) is 0 Å². The molecular weight excluding hydrogens is 318 g/mol. The zero-order chi connectivity index (χ0) is 18.1. The van der Waals surface area contributed by atoms with Crippen molar-refractivity contribution >= 4 is 11.9 Å². The minimum absolute atomic E-state index is 0.0759. The maximum atomic E-state index is 12.0. The Morgan fingerprint density at radius 1 is 1.36 bits per heavy atom. The molecule has 1 N–H and O–H groups in total. The Bertz CT molecular complexity index is 589. The number of nitrogens with one attached hydrogen (secondary N) is 1. The van der Waals surface area contributed by atoms with Crippen LogP contribution in [0.3, 0.4) is 0 Å². The number of benzene rings is 1. The molecule has 25 heavy (non-hydrogen) atoms. The number of guanidine groups is 1. The first kappa shape index (κ1) is 19.2. The summed E-state index contributed by atoms with van der Waals surface area (Å²) in [7, 11) is 3.48. The molecule has 6 nitrogen and oxygen atoms in total. The standard InChI is InChI=1S/C19H29N3O3/c1-4-25-18(23)16-10-7-11-22(13-16)19(20-2)21-12-15-8-5-6-9-17(15)14-24-3/h5-6,8-9,16H,4,7,10-14H2,1-3H3,(H,20,21). The van der Waals surface area contributed by atoms with Crippen LogP contribution in [0, 0.1) is 5.92 Å². The van der Waals surface area contributed by atoms with Crippen molar-refractivity contribution < 1.29 is 14.3 Å². The SMILES string of the molecule is CCOC(=O)C1CCCN(C(=NC)NCc2ccccc2COC)C1. The first-order valence-corrected chi connectivity index (χ1v) is 8.87. The van der Waals surface area contributed by atoms with Gasteiger partial charge >= 0.3 is 5.97 Å². The lowest BCUT2D eigenvalue weighted by atomic mass is 9.98. The van der Waals surface area contributed by atoms with Gasteiger partial charge in [-0.15, -0.1) is 0 Å². The lowest BCUT2D eigenvalue weighted by Gasteiger charge is -2.34. The minimum atomic E-state index is -0.104. The van der Waals surface area contributed by atoms with E-state index in [0.29, 0.717) is 26.3 Å². The zero-order valence-corrected chi connectivity index (χ0v) is 15.5. The Morgan fingerprint density at radius 2 is 2.12 bits per heavy atom. The van der Waals surface area contributed by atoms with E-state index in [1.807, 2.05) is 19.1 Å². The molecule has 1 fully saturated rings. The van der Waals surface area contributed by atoms with E-state index in [0.717, 1.165) is 30.9 Å². The Hall–Kier alpha value is -2.08. The molecule has 1 aliphatic heterocycles. The third-order valence-corrected chi connectivity index (χ3v) is 4.41. The molecule has 0 aromatic heterocycles. The van der Waals surface area contributed by atoms with Gasteiger partial charge in [-0.3, -0.25) is 9.79 Å². The molecule has 0 bridgehead atoms. The van der Waals surface area contributed by atoms with E-state index in [1.165, 1.54) is 5.56 Å².